The fraction of sp³-hybridized carbons (Fsp3) is 0.960. The molecular formula is C25H42O3. The fourth-order valence-corrected chi connectivity index (χ4v) is 8.01. The summed E-state index contributed by atoms with van der Waals surface area (Å²) in [5.41, 5.74) is 0.613. The van der Waals surface area contributed by atoms with E-state index >= 15 is 0 Å². The molecule has 4 aliphatic carbocycles. The van der Waals surface area contributed by atoms with Crippen molar-refractivity contribution in [1.82, 2.24) is 0 Å². The normalized spacial score (nSPS) is 47.9. The smallest absolute Gasteiger partial charge is 0.306 e. The summed E-state index contributed by atoms with van der Waals surface area (Å²) < 4.78 is 6.09. The molecule has 0 spiro atoms. The van der Waals surface area contributed by atoms with Crippen molar-refractivity contribution in [2.45, 2.75) is 111 Å². The van der Waals surface area contributed by atoms with Gasteiger partial charge in [0.15, 0.2) is 0 Å². The van der Waals surface area contributed by atoms with Crippen LogP contribution in [0.25, 0.3) is 0 Å². The van der Waals surface area contributed by atoms with Crippen LogP contribution in [0.3, 0.4) is 0 Å². The van der Waals surface area contributed by atoms with Gasteiger partial charge in [0.05, 0.1) is 6.10 Å². The van der Waals surface area contributed by atoms with E-state index in [1.807, 2.05) is 0 Å². The minimum absolute atomic E-state index is 0.0274. The molecule has 0 bridgehead atoms. The maximum Gasteiger partial charge on any atom is 0.306 e. The highest BCUT2D eigenvalue weighted by Gasteiger charge is 2.61. The minimum Gasteiger partial charge on any atom is -0.462 e. The average molecular weight is 391 g/mol. The highest BCUT2D eigenvalue weighted by Crippen LogP contribution is 2.66. The van der Waals surface area contributed by atoms with Crippen LogP contribution in [-0.4, -0.2) is 23.3 Å². The van der Waals surface area contributed by atoms with E-state index in [9.17, 15) is 9.90 Å². The molecule has 1 N–H and O–H groups in total. The third kappa shape index (κ3) is 3.44. The van der Waals surface area contributed by atoms with Gasteiger partial charge in [-0.05, 0) is 99.2 Å². The Morgan fingerprint density at radius 2 is 1.71 bits per heavy atom. The van der Waals surface area contributed by atoms with Gasteiger partial charge in [-0.3, -0.25) is 4.79 Å². The lowest BCUT2D eigenvalue weighted by molar-refractivity contribution is -0.165. The molecular weight excluding hydrogens is 348 g/mol. The van der Waals surface area contributed by atoms with Crippen molar-refractivity contribution in [2.75, 3.05) is 0 Å². The van der Waals surface area contributed by atoms with Crippen LogP contribution in [0.2, 0.25) is 0 Å². The molecule has 0 unspecified atom stereocenters. The van der Waals surface area contributed by atoms with Crippen LogP contribution in [0.1, 0.15) is 98.3 Å². The number of hydrogen-bond acceptors (Lipinski definition) is 3. The van der Waals surface area contributed by atoms with E-state index in [0.29, 0.717) is 23.7 Å². The molecule has 4 fully saturated rings. The van der Waals surface area contributed by atoms with Crippen molar-refractivity contribution >= 4 is 5.97 Å². The zero-order chi connectivity index (χ0) is 20.1. The van der Waals surface area contributed by atoms with E-state index in [0.717, 1.165) is 43.4 Å². The van der Waals surface area contributed by atoms with Crippen molar-refractivity contribution in [1.29, 1.82) is 0 Å². The van der Waals surface area contributed by atoms with Gasteiger partial charge in [0.2, 0.25) is 0 Å². The first kappa shape index (κ1) is 20.7. The zero-order valence-corrected chi connectivity index (χ0v) is 18.6. The second-order valence-electron chi connectivity index (χ2n) is 11.6. The molecule has 3 heteroatoms. The molecule has 4 saturated carbocycles. The van der Waals surface area contributed by atoms with Gasteiger partial charge in [-0.1, -0.05) is 27.7 Å². The van der Waals surface area contributed by atoms with E-state index in [-0.39, 0.29) is 23.6 Å². The first-order valence-corrected chi connectivity index (χ1v) is 12.1. The van der Waals surface area contributed by atoms with E-state index < -0.39 is 0 Å². The standard InChI is InChI=1S/C25H42O3/c1-16(2)5-10-23(27)28-22-9-8-20-19-7-6-17-15-18(26)11-13-24(17,3)21(19)12-14-25(20,22)4/h16-22,26H,5-15H2,1-4H3/t17-,18+,19-,20-,21-,22-,24-,25-/m0/s1. The zero-order valence-electron chi connectivity index (χ0n) is 18.6. The van der Waals surface area contributed by atoms with Gasteiger partial charge in [0.1, 0.15) is 6.10 Å². The summed E-state index contributed by atoms with van der Waals surface area (Å²) in [6, 6.07) is 0. The SMILES string of the molecule is CC(C)CCC(=O)O[C@H]1CC[C@H]2[C@@H]3CC[C@H]4C[C@H](O)CC[C@]4(C)[C@H]3CC[C@]12C. The number of rotatable bonds is 4. The molecule has 0 aromatic carbocycles. The van der Waals surface area contributed by atoms with Crippen LogP contribution in [-0.2, 0) is 9.53 Å². The first-order chi connectivity index (χ1) is 13.2. The molecule has 0 heterocycles. The van der Waals surface area contributed by atoms with E-state index in [2.05, 4.69) is 27.7 Å². The highest BCUT2D eigenvalue weighted by atomic mass is 16.5. The lowest BCUT2D eigenvalue weighted by atomic mass is 9.45. The molecule has 8 atom stereocenters. The van der Waals surface area contributed by atoms with Gasteiger partial charge >= 0.3 is 5.97 Å². The van der Waals surface area contributed by atoms with Crippen LogP contribution >= 0.6 is 0 Å². The minimum atomic E-state index is -0.0652. The van der Waals surface area contributed by atoms with E-state index in [4.69, 9.17) is 4.74 Å². The van der Waals surface area contributed by atoms with Gasteiger partial charge < -0.3 is 9.84 Å². The summed E-state index contributed by atoms with van der Waals surface area (Å²) in [4.78, 5) is 12.4. The monoisotopic (exact) mass is 390 g/mol. The predicted octanol–water partition coefficient (Wildman–Crippen LogP) is 5.74. The summed E-state index contributed by atoms with van der Waals surface area (Å²) in [5, 5.41) is 10.2. The van der Waals surface area contributed by atoms with Crippen molar-refractivity contribution < 1.29 is 14.6 Å². The second kappa shape index (κ2) is 7.60. The fourth-order valence-electron chi connectivity index (χ4n) is 8.01. The summed E-state index contributed by atoms with van der Waals surface area (Å²) in [5.74, 6) is 3.63. The number of esters is 1. The maximum atomic E-state index is 12.4. The quantitative estimate of drug-likeness (QED) is 0.623. The Hall–Kier alpha value is -0.570. The molecule has 160 valence electrons. The Balaban J connectivity index is 1.45. The van der Waals surface area contributed by atoms with Crippen LogP contribution in [0, 0.1) is 40.4 Å². The second-order valence-corrected chi connectivity index (χ2v) is 11.6. The molecule has 4 aliphatic rings. The Bertz CT molecular complexity index is 586. The summed E-state index contributed by atoms with van der Waals surface area (Å²) in [6.45, 7) is 9.31. The largest absolute Gasteiger partial charge is 0.462 e. The number of fused-ring (bicyclic) bond motifs is 5. The molecule has 0 aromatic rings. The number of ether oxygens (including phenoxy) is 1. The Kier molecular flexibility index (Phi) is 5.61. The van der Waals surface area contributed by atoms with Crippen LogP contribution in [0.5, 0.6) is 0 Å². The van der Waals surface area contributed by atoms with E-state index in [1.165, 1.54) is 38.5 Å². The van der Waals surface area contributed by atoms with Gasteiger partial charge in [-0.25, -0.2) is 0 Å². The van der Waals surface area contributed by atoms with Crippen molar-refractivity contribution in [2.24, 2.45) is 40.4 Å². The number of aliphatic hydroxyl groups excluding tert-OH is 1. The third-order valence-corrected chi connectivity index (χ3v) is 9.75. The molecule has 0 saturated heterocycles. The molecule has 0 aromatic heterocycles. The van der Waals surface area contributed by atoms with E-state index in [1.54, 1.807) is 0 Å². The Morgan fingerprint density at radius 3 is 2.46 bits per heavy atom. The third-order valence-electron chi connectivity index (χ3n) is 9.75. The first-order valence-electron chi connectivity index (χ1n) is 12.1. The lowest BCUT2D eigenvalue weighted by Crippen LogP contribution is -2.54. The summed E-state index contributed by atoms with van der Waals surface area (Å²) >= 11 is 0. The summed E-state index contributed by atoms with van der Waals surface area (Å²) in [7, 11) is 0. The molecule has 3 nitrogen and oxygen atoms in total. The molecule has 4 rings (SSSR count). The maximum absolute atomic E-state index is 12.4. The van der Waals surface area contributed by atoms with Gasteiger partial charge in [-0.2, -0.15) is 0 Å². The number of carbonyl (C=O) groups is 1. The van der Waals surface area contributed by atoms with Crippen molar-refractivity contribution in [3.8, 4) is 0 Å². The number of aliphatic hydroxyl groups is 1. The van der Waals surface area contributed by atoms with Crippen LogP contribution in [0.15, 0.2) is 0 Å². The average Bonchev–Trinajstić information content (AvgIpc) is 2.97. The van der Waals surface area contributed by atoms with Crippen molar-refractivity contribution in [3.63, 3.8) is 0 Å². The van der Waals surface area contributed by atoms with Gasteiger partial charge in [-0.15, -0.1) is 0 Å². The van der Waals surface area contributed by atoms with Crippen molar-refractivity contribution in [3.05, 3.63) is 0 Å². The van der Waals surface area contributed by atoms with Gasteiger partial charge in [0, 0.05) is 11.8 Å². The number of hydrogen-bond donors (Lipinski definition) is 1. The molecule has 28 heavy (non-hydrogen) atoms. The summed E-state index contributed by atoms with van der Waals surface area (Å²) in [6.07, 6.45) is 12.2. The Morgan fingerprint density at radius 1 is 1.00 bits per heavy atom. The van der Waals surface area contributed by atoms with Crippen LogP contribution in [0.4, 0.5) is 0 Å². The lowest BCUT2D eigenvalue weighted by Gasteiger charge is -2.60. The molecule has 0 radical (unpaired) electrons. The van der Waals surface area contributed by atoms with Crippen LogP contribution < -0.4 is 0 Å². The highest BCUT2D eigenvalue weighted by molar-refractivity contribution is 5.69. The van der Waals surface area contributed by atoms with Gasteiger partial charge in [0.25, 0.3) is 0 Å². The molecule has 0 aliphatic heterocycles. The topological polar surface area (TPSA) is 46.5 Å². The molecule has 0 amide bonds. The number of carbonyl (C=O) groups excluding carboxylic acids is 1. The Labute approximate surface area is 172 Å². The predicted molar refractivity (Wildman–Crippen MR) is 112 cm³/mol.